The molecule has 1 fully saturated rings. The largest absolute Gasteiger partial charge is 0.416 e. The van der Waals surface area contributed by atoms with Crippen LogP contribution in [0, 0.1) is 0 Å². The maximum absolute atomic E-state index is 7.27. The molecule has 0 atom stereocenters. The third kappa shape index (κ3) is 14.5. The van der Waals surface area contributed by atoms with E-state index in [1.54, 1.807) is 0 Å². The van der Waals surface area contributed by atoms with Gasteiger partial charge in [0, 0.05) is 0 Å². The molecule has 42 heavy (non-hydrogen) atoms. The summed E-state index contributed by atoms with van der Waals surface area (Å²) in [5.41, 5.74) is 36.1. The Bertz CT molecular complexity index is 600. The number of hydrogen-bond donors (Lipinski definition) is 6. The molecule has 12 N–H and O–H groups in total. The molecular formula is C24H66N6O6Si6. The van der Waals surface area contributed by atoms with Crippen LogP contribution in [0.2, 0.25) is 75.5 Å². The van der Waals surface area contributed by atoms with Crippen molar-refractivity contribution in [2.24, 2.45) is 34.4 Å². The summed E-state index contributed by atoms with van der Waals surface area (Å²) >= 11 is 0. The van der Waals surface area contributed by atoms with Crippen molar-refractivity contribution in [2.75, 3.05) is 39.3 Å². The number of nitrogens with two attached hydrogens (primary N) is 6. The van der Waals surface area contributed by atoms with E-state index in [2.05, 4.69) is 39.3 Å². The Morgan fingerprint density at radius 2 is 0.405 bits per heavy atom. The van der Waals surface area contributed by atoms with Crippen LogP contribution in [0.4, 0.5) is 0 Å². The van der Waals surface area contributed by atoms with Crippen LogP contribution < -0.4 is 34.4 Å². The fourth-order valence-electron chi connectivity index (χ4n) is 6.02. The van der Waals surface area contributed by atoms with Gasteiger partial charge in [0.1, 0.15) is 0 Å². The third-order valence-corrected chi connectivity index (χ3v) is 35.9. The van der Waals surface area contributed by atoms with E-state index < -0.39 is 51.4 Å². The van der Waals surface area contributed by atoms with E-state index in [-0.39, 0.29) is 0 Å². The van der Waals surface area contributed by atoms with Crippen LogP contribution in [0.3, 0.4) is 0 Å². The van der Waals surface area contributed by atoms with Gasteiger partial charge in [-0.2, -0.15) is 0 Å². The minimum atomic E-state index is -2.86. The van der Waals surface area contributed by atoms with Gasteiger partial charge < -0.3 is 59.1 Å². The van der Waals surface area contributed by atoms with E-state index in [1.165, 1.54) is 0 Å². The molecule has 1 rings (SSSR count). The smallest absolute Gasteiger partial charge is 0.317 e. The van der Waals surface area contributed by atoms with Crippen LogP contribution in [0.25, 0.3) is 0 Å². The van der Waals surface area contributed by atoms with Crippen LogP contribution in [0.1, 0.15) is 38.5 Å². The van der Waals surface area contributed by atoms with Gasteiger partial charge in [0.05, 0.1) is 0 Å². The molecule has 252 valence electrons. The Hall–Kier alpha value is 0.821. The van der Waals surface area contributed by atoms with Gasteiger partial charge in [-0.05, 0) is 153 Å². The summed E-state index contributed by atoms with van der Waals surface area (Å²) in [4.78, 5) is 0. The lowest BCUT2D eigenvalue weighted by Crippen LogP contribution is -2.67. The molecular weight excluding hydrogens is 637 g/mol. The van der Waals surface area contributed by atoms with E-state index >= 15 is 0 Å². The highest BCUT2D eigenvalue weighted by Crippen LogP contribution is 2.39. The molecule has 18 heteroatoms. The first-order chi connectivity index (χ1) is 19.6. The highest BCUT2D eigenvalue weighted by Gasteiger charge is 2.56. The number of hydrogen-bond acceptors (Lipinski definition) is 12. The predicted molar refractivity (Wildman–Crippen MR) is 187 cm³/mol. The summed E-state index contributed by atoms with van der Waals surface area (Å²) in [6, 6.07) is 4.50. The molecule has 0 aromatic carbocycles. The van der Waals surface area contributed by atoms with Gasteiger partial charge in [0.15, 0.2) is 0 Å². The molecule has 1 saturated heterocycles. The fraction of sp³-hybridized carbons (Fsp3) is 1.00. The minimum absolute atomic E-state index is 0.558. The van der Waals surface area contributed by atoms with Gasteiger partial charge in [0.25, 0.3) is 0 Å². The zero-order valence-corrected chi connectivity index (χ0v) is 33.6. The molecule has 1 aliphatic heterocycles. The van der Waals surface area contributed by atoms with Crippen molar-refractivity contribution >= 4 is 51.4 Å². The summed E-state index contributed by atoms with van der Waals surface area (Å²) in [5, 5.41) is 0. The normalized spacial score (nSPS) is 36.9. The quantitative estimate of drug-likeness (QED) is 0.114. The predicted octanol–water partition coefficient (Wildman–Crippen LogP) is 2.62. The standard InChI is InChI=1S/C24H66N6O6Si6/c1-37(19-7-13-25)31-38(2,20-8-14-26)33-40(4,22-10-16-28)35-42(6,24-12-18-30)36-41(5,23-11-17-29)34-39(3,32-37)21-9-15-27/h7-30H2,1-6H3. The molecule has 0 unspecified atom stereocenters. The van der Waals surface area contributed by atoms with Crippen molar-refractivity contribution in [3.63, 3.8) is 0 Å². The molecule has 0 saturated carbocycles. The van der Waals surface area contributed by atoms with Crippen molar-refractivity contribution in [1.29, 1.82) is 0 Å². The van der Waals surface area contributed by atoms with Gasteiger partial charge in [-0.15, -0.1) is 0 Å². The molecule has 0 aromatic rings. The van der Waals surface area contributed by atoms with Crippen LogP contribution >= 0.6 is 0 Å². The van der Waals surface area contributed by atoms with Crippen molar-refractivity contribution in [1.82, 2.24) is 0 Å². The van der Waals surface area contributed by atoms with Gasteiger partial charge in [-0.3, -0.25) is 0 Å². The Morgan fingerprint density at radius 3 is 0.500 bits per heavy atom. The molecule has 0 amide bonds. The molecule has 1 aliphatic rings. The van der Waals surface area contributed by atoms with Crippen molar-refractivity contribution in [3.8, 4) is 0 Å². The lowest BCUT2D eigenvalue weighted by atomic mass is 10.5. The van der Waals surface area contributed by atoms with Gasteiger partial charge in [-0.1, -0.05) is 0 Å². The minimum Gasteiger partial charge on any atom is -0.416 e. The molecule has 0 bridgehead atoms. The summed E-state index contributed by atoms with van der Waals surface area (Å²) < 4.78 is 43.6. The molecule has 0 aromatic heterocycles. The van der Waals surface area contributed by atoms with Crippen molar-refractivity contribution < 1.29 is 24.7 Å². The first kappa shape index (κ1) is 40.8. The Labute approximate surface area is 263 Å². The van der Waals surface area contributed by atoms with Crippen LogP contribution in [-0.2, 0) is 24.7 Å². The average Bonchev–Trinajstić information content (AvgIpc) is 2.89. The lowest BCUT2D eigenvalue weighted by Gasteiger charge is -2.50. The SMILES string of the molecule is C[Si]1(CCCN)O[Si](C)(CCCN)O[Si](C)(CCCN)O[Si](C)(CCCN)O[Si](C)(CCCN)O[Si](C)(CCCN)O1. The molecule has 0 aliphatic carbocycles. The highest BCUT2D eigenvalue weighted by molar-refractivity contribution is 6.94. The monoisotopic (exact) mass is 702 g/mol. The molecule has 0 spiro atoms. The average molecular weight is 703 g/mol. The van der Waals surface area contributed by atoms with Crippen LogP contribution in [0.5, 0.6) is 0 Å². The maximum atomic E-state index is 7.27. The summed E-state index contributed by atoms with van der Waals surface area (Å²) in [7, 11) is -17.1. The first-order valence-corrected chi connectivity index (χ1v) is 31.2. The second-order valence-corrected chi connectivity index (χ2v) is 34.3. The first-order valence-electron chi connectivity index (χ1n) is 16.0. The van der Waals surface area contributed by atoms with E-state index in [9.17, 15) is 0 Å². The Kier molecular flexibility index (Phi) is 18.3. The fourth-order valence-corrected chi connectivity index (χ4v) is 41.2. The lowest BCUT2D eigenvalue weighted by molar-refractivity contribution is 0.222. The highest BCUT2D eigenvalue weighted by atomic mass is 28.5. The van der Waals surface area contributed by atoms with Gasteiger partial charge >= 0.3 is 51.4 Å². The summed E-state index contributed by atoms with van der Waals surface area (Å²) in [5.74, 6) is 0. The summed E-state index contributed by atoms with van der Waals surface area (Å²) in [6.07, 6.45) is 4.79. The number of rotatable bonds is 18. The van der Waals surface area contributed by atoms with E-state index in [0.717, 1.165) is 74.8 Å². The van der Waals surface area contributed by atoms with Crippen molar-refractivity contribution in [3.05, 3.63) is 0 Å². The van der Waals surface area contributed by atoms with E-state index in [4.69, 9.17) is 59.1 Å². The Balaban J connectivity index is 3.88. The maximum Gasteiger partial charge on any atom is 0.317 e. The van der Waals surface area contributed by atoms with Gasteiger partial charge in [0.2, 0.25) is 0 Å². The second kappa shape index (κ2) is 18.8. The van der Waals surface area contributed by atoms with Crippen LogP contribution in [0.15, 0.2) is 0 Å². The third-order valence-electron chi connectivity index (χ3n) is 7.60. The Morgan fingerprint density at radius 1 is 0.286 bits per heavy atom. The molecule has 0 radical (unpaired) electrons. The van der Waals surface area contributed by atoms with Crippen LogP contribution in [-0.4, -0.2) is 90.6 Å². The zero-order chi connectivity index (χ0) is 32.0. The molecule has 12 nitrogen and oxygen atoms in total. The van der Waals surface area contributed by atoms with E-state index in [0.29, 0.717) is 39.3 Å². The molecule has 1 heterocycles. The van der Waals surface area contributed by atoms with Gasteiger partial charge in [-0.25, -0.2) is 0 Å². The van der Waals surface area contributed by atoms with E-state index in [1.807, 2.05) is 0 Å². The topological polar surface area (TPSA) is 212 Å². The second-order valence-electron chi connectivity index (χ2n) is 12.8. The van der Waals surface area contributed by atoms with Crippen molar-refractivity contribution in [2.45, 2.75) is 114 Å². The summed E-state index contributed by atoms with van der Waals surface area (Å²) in [6.45, 7) is 16.3. The zero-order valence-electron chi connectivity index (χ0n) is 27.6.